The average Bonchev–Trinajstić information content (AvgIpc) is 3.04. The van der Waals surface area contributed by atoms with Crippen LogP contribution < -0.4 is 16.8 Å². The van der Waals surface area contributed by atoms with Crippen LogP contribution in [0, 0.1) is 0 Å². The van der Waals surface area contributed by atoms with Crippen molar-refractivity contribution in [1.82, 2.24) is 20.1 Å². The lowest BCUT2D eigenvalue weighted by Gasteiger charge is -2.06. The van der Waals surface area contributed by atoms with E-state index >= 15 is 0 Å². The van der Waals surface area contributed by atoms with Crippen molar-refractivity contribution in [3.63, 3.8) is 0 Å². The van der Waals surface area contributed by atoms with Gasteiger partial charge in [-0.05, 0) is 11.4 Å². The zero-order valence-electron chi connectivity index (χ0n) is 11.2. The summed E-state index contributed by atoms with van der Waals surface area (Å²) in [5, 5.41) is 12.1. The first kappa shape index (κ1) is 16.0. The van der Waals surface area contributed by atoms with Gasteiger partial charge in [0, 0.05) is 0 Å². The van der Waals surface area contributed by atoms with E-state index < -0.39 is 17.8 Å². The van der Waals surface area contributed by atoms with Gasteiger partial charge in [-0.3, -0.25) is 19.5 Å². The molecular formula is C11H12N6O3S2. The van der Waals surface area contributed by atoms with Crippen LogP contribution in [0.1, 0.15) is 0 Å². The van der Waals surface area contributed by atoms with Gasteiger partial charge in [0.1, 0.15) is 6.54 Å². The summed E-state index contributed by atoms with van der Waals surface area (Å²) in [6, 6.07) is 2.75. The van der Waals surface area contributed by atoms with Crippen LogP contribution in [0.2, 0.25) is 0 Å². The first-order valence-corrected chi connectivity index (χ1v) is 7.81. The highest BCUT2D eigenvalue weighted by atomic mass is 32.2. The van der Waals surface area contributed by atoms with Gasteiger partial charge < -0.3 is 11.5 Å². The molecule has 0 aliphatic carbocycles. The third-order valence-corrected chi connectivity index (χ3v) is 4.20. The number of urea groups is 1. The van der Waals surface area contributed by atoms with Crippen molar-refractivity contribution < 1.29 is 14.4 Å². The molecule has 22 heavy (non-hydrogen) atoms. The minimum absolute atomic E-state index is 0.0930. The molecule has 0 unspecified atom stereocenters. The number of primary amides is 2. The number of thiophene rings is 1. The zero-order chi connectivity index (χ0) is 16.1. The average molecular weight is 340 g/mol. The first-order chi connectivity index (χ1) is 10.5. The van der Waals surface area contributed by atoms with Gasteiger partial charge in [0.15, 0.2) is 11.0 Å². The summed E-state index contributed by atoms with van der Waals surface area (Å²) in [6.07, 6.45) is 0. The number of thioether (sulfide) groups is 1. The third kappa shape index (κ3) is 4.05. The fraction of sp³-hybridized carbons (Fsp3) is 0.182. The maximum atomic E-state index is 11.4. The first-order valence-electron chi connectivity index (χ1n) is 5.95. The van der Waals surface area contributed by atoms with Gasteiger partial charge in [-0.15, -0.1) is 21.5 Å². The van der Waals surface area contributed by atoms with Crippen LogP contribution in [0.4, 0.5) is 4.79 Å². The van der Waals surface area contributed by atoms with E-state index in [2.05, 4.69) is 10.2 Å². The zero-order valence-corrected chi connectivity index (χ0v) is 12.8. The highest BCUT2D eigenvalue weighted by Crippen LogP contribution is 2.26. The fourth-order valence-corrected chi connectivity index (χ4v) is 3.04. The molecule has 11 heteroatoms. The lowest BCUT2D eigenvalue weighted by molar-refractivity contribution is -0.119. The molecule has 0 saturated carbocycles. The molecule has 0 saturated heterocycles. The van der Waals surface area contributed by atoms with E-state index in [1.807, 2.05) is 22.8 Å². The number of aromatic nitrogens is 3. The van der Waals surface area contributed by atoms with Crippen molar-refractivity contribution >= 4 is 40.9 Å². The van der Waals surface area contributed by atoms with Crippen LogP contribution in [0.5, 0.6) is 0 Å². The molecular weight excluding hydrogens is 328 g/mol. The number of carbonyl (C=O) groups excluding carboxylic acids is 3. The normalized spacial score (nSPS) is 10.4. The molecule has 0 radical (unpaired) electrons. The number of amides is 4. The van der Waals surface area contributed by atoms with E-state index in [1.54, 1.807) is 0 Å². The summed E-state index contributed by atoms with van der Waals surface area (Å²) < 4.78 is 1.52. The van der Waals surface area contributed by atoms with Crippen LogP contribution in [0.25, 0.3) is 10.7 Å². The largest absolute Gasteiger partial charge is 0.368 e. The van der Waals surface area contributed by atoms with Crippen LogP contribution in [0.15, 0.2) is 22.7 Å². The Morgan fingerprint density at radius 3 is 2.68 bits per heavy atom. The van der Waals surface area contributed by atoms with Gasteiger partial charge in [0.05, 0.1) is 10.6 Å². The minimum atomic E-state index is -0.927. The second-order valence-corrected chi connectivity index (χ2v) is 5.93. The summed E-state index contributed by atoms with van der Waals surface area (Å²) >= 11 is 2.46. The molecule has 0 atom stereocenters. The molecule has 0 aliphatic heterocycles. The summed E-state index contributed by atoms with van der Waals surface area (Å²) in [5.41, 5.74) is 10.1. The van der Waals surface area contributed by atoms with E-state index in [4.69, 9.17) is 11.5 Å². The molecule has 0 aromatic carbocycles. The molecule has 2 heterocycles. The topological polar surface area (TPSA) is 146 Å². The van der Waals surface area contributed by atoms with Crippen LogP contribution >= 0.6 is 23.1 Å². The summed E-state index contributed by atoms with van der Waals surface area (Å²) in [6.45, 7) is -0.111. The Bertz CT molecular complexity index is 697. The monoisotopic (exact) mass is 340 g/mol. The fourth-order valence-electron chi connectivity index (χ4n) is 1.59. The van der Waals surface area contributed by atoms with Gasteiger partial charge in [0.25, 0.3) is 0 Å². The number of hydrogen-bond acceptors (Lipinski definition) is 7. The number of nitrogens with zero attached hydrogens (tertiary/aromatic N) is 3. The van der Waals surface area contributed by atoms with Crippen molar-refractivity contribution in [1.29, 1.82) is 0 Å². The Kier molecular flexibility index (Phi) is 5.12. The van der Waals surface area contributed by atoms with Crippen molar-refractivity contribution in [2.45, 2.75) is 11.7 Å². The van der Waals surface area contributed by atoms with Crippen LogP contribution in [-0.2, 0) is 16.1 Å². The number of hydrogen-bond donors (Lipinski definition) is 3. The predicted octanol–water partition coefficient (Wildman–Crippen LogP) is -0.221. The Morgan fingerprint density at radius 1 is 1.32 bits per heavy atom. The number of rotatable bonds is 6. The highest BCUT2D eigenvalue weighted by molar-refractivity contribution is 7.99. The van der Waals surface area contributed by atoms with Gasteiger partial charge in [0.2, 0.25) is 11.8 Å². The van der Waals surface area contributed by atoms with Gasteiger partial charge in [-0.25, -0.2) is 4.79 Å². The van der Waals surface area contributed by atoms with E-state index in [1.165, 1.54) is 15.9 Å². The van der Waals surface area contributed by atoms with Crippen molar-refractivity contribution in [2.75, 3.05) is 5.75 Å². The molecule has 0 fully saturated rings. The molecule has 9 nitrogen and oxygen atoms in total. The molecule has 2 aromatic heterocycles. The summed E-state index contributed by atoms with van der Waals surface area (Å²) in [7, 11) is 0. The van der Waals surface area contributed by atoms with E-state index in [-0.39, 0.29) is 12.3 Å². The number of carbonyl (C=O) groups is 3. The molecule has 5 N–H and O–H groups in total. The van der Waals surface area contributed by atoms with E-state index in [0.29, 0.717) is 11.0 Å². The van der Waals surface area contributed by atoms with Gasteiger partial charge >= 0.3 is 6.03 Å². The van der Waals surface area contributed by atoms with Crippen LogP contribution in [0.3, 0.4) is 0 Å². The quantitative estimate of drug-likeness (QED) is 0.620. The molecule has 0 aliphatic rings. The maximum absolute atomic E-state index is 11.4. The predicted molar refractivity (Wildman–Crippen MR) is 81.0 cm³/mol. The SMILES string of the molecule is NC(=O)Cn1c(SCC(=O)NC(N)=O)nnc1-c1cccs1. The molecule has 2 aromatic rings. The maximum Gasteiger partial charge on any atom is 0.318 e. The molecule has 116 valence electrons. The van der Waals surface area contributed by atoms with Gasteiger partial charge in [-0.2, -0.15) is 0 Å². The molecule has 2 rings (SSSR count). The Hall–Kier alpha value is -2.40. The lowest BCUT2D eigenvalue weighted by atomic mass is 10.4. The number of imide groups is 1. The summed E-state index contributed by atoms with van der Waals surface area (Å²) in [4.78, 5) is 34.0. The van der Waals surface area contributed by atoms with E-state index in [0.717, 1.165) is 16.6 Å². The lowest BCUT2D eigenvalue weighted by Crippen LogP contribution is -2.36. The molecule has 0 bridgehead atoms. The van der Waals surface area contributed by atoms with E-state index in [9.17, 15) is 14.4 Å². The number of nitrogens with two attached hydrogens (primary N) is 2. The standard InChI is InChI=1S/C11H12N6O3S2/c12-7(18)4-17-9(6-2-1-3-21-6)15-16-11(17)22-5-8(19)14-10(13)20/h1-3H,4-5H2,(H2,12,18)(H3,13,14,19,20). The van der Waals surface area contributed by atoms with Crippen molar-refractivity contribution in [3.8, 4) is 10.7 Å². The van der Waals surface area contributed by atoms with Gasteiger partial charge in [-0.1, -0.05) is 17.8 Å². The Morgan fingerprint density at radius 2 is 2.09 bits per heavy atom. The molecule has 0 spiro atoms. The Balaban J connectivity index is 2.18. The second-order valence-electron chi connectivity index (χ2n) is 4.04. The third-order valence-electron chi connectivity index (χ3n) is 2.37. The highest BCUT2D eigenvalue weighted by Gasteiger charge is 2.17. The second kappa shape index (κ2) is 7.04. The Labute approximate surface area is 133 Å². The van der Waals surface area contributed by atoms with Crippen molar-refractivity contribution in [2.24, 2.45) is 11.5 Å². The summed E-state index contributed by atoms with van der Waals surface area (Å²) in [5.74, 6) is -0.721. The minimum Gasteiger partial charge on any atom is -0.368 e. The smallest absolute Gasteiger partial charge is 0.318 e. The molecule has 4 amide bonds. The van der Waals surface area contributed by atoms with Crippen molar-refractivity contribution in [3.05, 3.63) is 17.5 Å². The van der Waals surface area contributed by atoms with Crippen LogP contribution in [-0.4, -0.2) is 38.4 Å². The number of nitrogens with one attached hydrogen (secondary N) is 1.